The molecule has 108 valence electrons. The Morgan fingerprint density at radius 2 is 2.16 bits per heavy atom. The highest BCUT2D eigenvalue weighted by atomic mass is 16.3. The molecule has 4 nitrogen and oxygen atoms in total. The van der Waals surface area contributed by atoms with Crippen molar-refractivity contribution in [1.29, 1.82) is 0 Å². The van der Waals surface area contributed by atoms with Crippen LogP contribution in [-0.2, 0) is 6.42 Å². The molecule has 1 aliphatic heterocycles. The van der Waals surface area contributed by atoms with Crippen molar-refractivity contribution in [3.05, 3.63) is 18.0 Å². The molecule has 2 rings (SSSR count). The summed E-state index contributed by atoms with van der Waals surface area (Å²) in [5, 5.41) is 17.0. The van der Waals surface area contributed by atoms with Gasteiger partial charge in [-0.25, -0.2) is 0 Å². The maximum absolute atomic E-state index is 10.2. The number of piperidine rings is 1. The third kappa shape index (κ3) is 4.62. The van der Waals surface area contributed by atoms with E-state index in [4.69, 9.17) is 0 Å². The molecule has 0 aromatic carbocycles. The number of aliphatic hydroxyl groups is 1. The van der Waals surface area contributed by atoms with E-state index in [2.05, 4.69) is 28.9 Å². The lowest BCUT2D eigenvalue weighted by molar-refractivity contribution is 0.0457. The molecule has 0 bridgehead atoms. The van der Waals surface area contributed by atoms with Crippen LogP contribution in [0.5, 0.6) is 0 Å². The second kappa shape index (κ2) is 7.06. The zero-order valence-corrected chi connectivity index (χ0v) is 12.2. The van der Waals surface area contributed by atoms with Crippen LogP contribution in [0.25, 0.3) is 0 Å². The molecule has 0 saturated carbocycles. The van der Waals surface area contributed by atoms with Crippen LogP contribution in [0, 0.1) is 11.8 Å². The highest BCUT2D eigenvalue weighted by Crippen LogP contribution is 2.24. The summed E-state index contributed by atoms with van der Waals surface area (Å²) in [6.07, 6.45) is 8.06. The fourth-order valence-electron chi connectivity index (χ4n) is 2.94. The van der Waals surface area contributed by atoms with Gasteiger partial charge < -0.3 is 10.0 Å². The molecule has 0 radical (unpaired) electrons. The fourth-order valence-corrected chi connectivity index (χ4v) is 2.94. The Morgan fingerprint density at radius 1 is 1.42 bits per heavy atom. The van der Waals surface area contributed by atoms with Gasteiger partial charge in [0.05, 0.1) is 12.3 Å². The lowest BCUT2D eigenvalue weighted by Crippen LogP contribution is -2.39. The number of aromatic nitrogens is 2. The van der Waals surface area contributed by atoms with E-state index in [1.54, 1.807) is 0 Å². The molecule has 0 spiro atoms. The quantitative estimate of drug-likeness (QED) is 0.828. The van der Waals surface area contributed by atoms with E-state index in [9.17, 15) is 5.11 Å². The summed E-state index contributed by atoms with van der Waals surface area (Å²) < 4.78 is 0. The van der Waals surface area contributed by atoms with Crippen molar-refractivity contribution in [2.24, 2.45) is 11.8 Å². The van der Waals surface area contributed by atoms with Crippen LogP contribution in [0.15, 0.2) is 12.4 Å². The molecule has 4 heteroatoms. The summed E-state index contributed by atoms with van der Waals surface area (Å²) in [6.45, 7) is 7.72. The van der Waals surface area contributed by atoms with E-state index in [0.717, 1.165) is 45.3 Å². The number of hydrogen-bond acceptors (Lipinski definition) is 3. The Labute approximate surface area is 116 Å². The third-order valence-electron chi connectivity index (χ3n) is 4.16. The molecule has 2 N–H and O–H groups in total. The summed E-state index contributed by atoms with van der Waals surface area (Å²) >= 11 is 0. The lowest BCUT2D eigenvalue weighted by Gasteiger charge is -2.34. The minimum absolute atomic E-state index is 0.101. The summed E-state index contributed by atoms with van der Waals surface area (Å²) in [5.74, 6) is 1.10. The number of likely N-dealkylation sites (tertiary alicyclic amines) is 1. The van der Waals surface area contributed by atoms with Crippen LogP contribution < -0.4 is 0 Å². The Hall–Kier alpha value is -0.870. The number of nitrogens with zero attached hydrogens (tertiary/aromatic N) is 2. The van der Waals surface area contributed by atoms with Crippen molar-refractivity contribution in [2.45, 2.75) is 45.6 Å². The van der Waals surface area contributed by atoms with Crippen LogP contribution in [0.2, 0.25) is 0 Å². The van der Waals surface area contributed by atoms with E-state index in [-0.39, 0.29) is 6.10 Å². The molecule has 1 aromatic rings. The second-order valence-electron chi connectivity index (χ2n) is 6.23. The number of aromatic amines is 1. The van der Waals surface area contributed by atoms with E-state index in [1.165, 1.54) is 5.56 Å². The molecular weight excluding hydrogens is 238 g/mol. The molecule has 1 aromatic heterocycles. The van der Waals surface area contributed by atoms with Gasteiger partial charge in [-0.3, -0.25) is 5.10 Å². The number of H-pyrrole nitrogens is 1. The van der Waals surface area contributed by atoms with Crippen molar-refractivity contribution in [1.82, 2.24) is 15.1 Å². The molecule has 1 fully saturated rings. The van der Waals surface area contributed by atoms with E-state index >= 15 is 0 Å². The standard InChI is InChI=1S/C15H27N3O/c1-12(2)9-15(19)14-4-7-18(8-5-14)6-3-13-10-16-17-11-13/h10-12,14-15,19H,3-9H2,1-2H3,(H,16,17)/t15-/m1/s1. The van der Waals surface area contributed by atoms with Gasteiger partial charge >= 0.3 is 0 Å². The molecule has 1 saturated heterocycles. The molecule has 0 aliphatic carbocycles. The van der Waals surface area contributed by atoms with E-state index in [1.807, 2.05) is 12.4 Å². The molecule has 0 amide bonds. The largest absolute Gasteiger partial charge is 0.393 e. The zero-order chi connectivity index (χ0) is 13.7. The van der Waals surface area contributed by atoms with Gasteiger partial charge in [-0.2, -0.15) is 5.10 Å². The highest BCUT2D eigenvalue weighted by Gasteiger charge is 2.25. The Balaban J connectivity index is 1.67. The van der Waals surface area contributed by atoms with Gasteiger partial charge in [0.2, 0.25) is 0 Å². The minimum atomic E-state index is -0.101. The smallest absolute Gasteiger partial charge is 0.0571 e. The number of nitrogens with one attached hydrogen (secondary N) is 1. The highest BCUT2D eigenvalue weighted by molar-refractivity contribution is 5.02. The van der Waals surface area contributed by atoms with Crippen molar-refractivity contribution in [3.8, 4) is 0 Å². The van der Waals surface area contributed by atoms with Crippen LogP contribution in [-0.4, -0.2) is 45.9 Å². The maximum atomic E-state index is 10.2. The van der Waals surface area contributed by atoms with E-state index < -0.39 is 0 Å². The minimum Gasteiger partial charge on any atom is -0.393 e. The Morgan fingerprint density at radius 3 is 2.74 bits per heavy atom. The first-order valence-corrected chi connectivity index (χ1v) is 7.53. The van der Waals surface area contributed by atoms with Crippen molar-refractivity contribution < 1.29 is 5.11 Å². The van der Waals surface area contributed by atoms with Crippen LogP contribution in [0.1, 0.15) is 38.7 Å². The maximum Gasteiger partial charge on any atom is 0.0571 e. The van der Waals surface area contributed by atoms with Gasteiger partial charge in [0.1, 0.15) is 0 Å². The predicted octanol–water partition coefficient (Wildman–Crippen LogP) is 2.07. The average molecular weight is 265 g/mol. The topological polar surface area (TPSA) is 52.1 Å². The normalized spacial score (nSPS) is 20.0. The SMILES string of the molecule is CC(C)C[C@@H](O)C1CCN(CCc2cn[nH]c2)CC1. The van der Waals surface area contributed by atoms with Crippen LogP contribution in [0.3, 0.4) is 0 Å². The lowest BCUT2D eigenvalue weighted by atomic mass is 9.87. The molecule has 1 aliphatic rings. The van der Waals surface area contributed by atoms with Gasteiger partial charge in [-0.1, -0.05) is 13.8 Å². The second-order valence-corrected chi connectivity index (χ2v) is 6.23. The number of hydrogen-bond donors (Lipinski definition) is 2. The van der Waals surface area contributed by atoms with Gasteiger partial charge in [0.25, 0.3) is 0 Å². The summed E-state index contributed by atoms with van der Waals surface area (Å²) in [6, 6.07) is 0. The van der Waals surface area contributed by atoms with Gasteiger partial charge in [0.15, 0.2) is 0 Å². The van der Waals surface area contributed by atoms with Gasteiger partial charge in [-0.15, -0.1) is 0 Å². The van der Waals surface area contributed by atoms with Crippen molar-refractivity contribution >= 4 is 0 Å². The van der Waals surface area contributed by atoms with E-state index in [0.29, 0.717) is 11.8 Å². The molecule has 1 atom stereocenters. The predicted molar refractivity (Wildman–Crippen MR) is 76.9 cm³/mol. The number of rotatable bonds is 6. The van der Waals surface area contributed by atoms with Crippen LogP contribution >= 0.6 is 0 Å². The van der Waals surface area contributed by atoms with Gasteiger partial charge in [0, 0.05) is 12.7 Å². The summed E-state index contributed by atoms with van der Waals surface area (Å²) in [4.78, 5) is 2.51. The summed E-state index contributed by atoms with van der Waals surface area (Å²) in [7, 11) is 0. The molecule has 2 heterocycles. The third-order valence-corrected chi connectivity index (χ3v) is 4.16. The molecule has 0 unspecified atom stereocenters. The number of aliphatic hydroxyl groups excluding tert-OH is 1. The first kappa shape index (κ1) is 14.5. The summed E-state index contributed by atoms with van der Waals surface area (Å²) in [5.41, 5.74) is 1.28. The molecule has 19 heavy (non-hydrogen) atoms. The van der Waals surface area contributed by atoms with Crippen LogP contribution in [0.4, 0.5) is 0 Å². The fraction of sp³-hybridized carbons (Fsp3) is 0.800. The first-order chi connectivity index (χ1) is 9.15. The zero-order valence-electron chi connectivity index (χ0n) is 12.2. The first-order valence-electron chi connectivity index (χ1n) is 7.53. The Kier molecular flexibility index (Phi) is 5.40. The molecular formula is C15H27N3O. The van der Waals surface area contributed by atoms with Gasteiger partial charge in [-0.05, 0) is 56.2 Å². The average Bonchev–Trinajstić information content (AvgIpc) is 2.89. The Bertz CT molecular complexity index is 342. The monoisotopic (exact) mass is 265 g/mol. The van der Waals surface area contributed by atoms with Crippen molar-refractivity contribution in [3.63, 3.8) is 0 Å². The van der Waals surface area contributed by atoms with Crippen molar-refractivity contribution in [2.75, 3.05) is 19.6 Å².